The van der Waals surface area contributed by atoms with E-state index in [0.29, 0.717) is 34.6 Å². The molecule has 1 N–H and O–H groups in total. The highest BCUT2D eigenvalue weighted by Crippen LogP contribution is 2.25. The summed E-state index contributed by atoms with van der Waals surface area (Å²) in [5, 5.41) is 17.6. The first kappa shape index (κ1) is 16.0. The van der Waals surface area contributed by atoms with Gasteiger partial charge >= 0.3 is 0 Å². The van der Waals surface area contributed by atoms with Crippen molar-refractivity contribution in [2.75, 3.05) is 6.26 Å². The average molecular weight is 339 g/mol. The van der Waals surface area contributed by atoms with Gasteiger partial charge in [-0.3, -0.25) is 4.79 Å². The van der Waals surface area contributed by atoms with E-state index >= 15 is 0 Å². The Morgan fingerprint density at radius 1 is 1.25 bits per heavy atom. The third-order valence-electron chi connectivity index (χ3n) is 3.38. The summed E-state index contributed by atoms with van der Waals surface area (Å²) in [5.41, 5.74) is 1.34. The Kier molecular flexibility index (Phi) is 4.44. The molecule has 2 aromatic heterocycles. The van der Waals surface area contributed by atoms with Gasteiger partial charge in [-0.2, -0.15) is 5.26 Å². The van der Waals surface area contributed by atoms with Crippen LogP contribution in [0.5, 0.6) is 0 Å². The minimum absolute atomic E-state index is 0.00777. The lowest BCUT2D eigenvalue weighted by molar-refractivity contribution is 0.513. The third kappa shape index (κ3) is 2.94. The van der Waals surface area contributed by atoms with E-state index in [1.165, 1.54) is 11.8 Å². The first-order valence-electron chi connectivity index (χ1n) is 7.17. The predicted octanol–water partition coefficient (Wildman–Crippen LogP) is 2.64. The first-order chi connectivity index (χ1) is 11.7. The highest BCUT2D eigenvalue weighted by Gasteiger charge is 2.14. The molecule has 2 heterocycles. The Balaban J connectivity index is 2.04. The molecule has 0 fully saturated rings. The molecule has 0 spiro atoms. The van der Waals surface area contributed by atoms with Gasteiger partial charge in [0.2, 0.25) is 11.8 Å². The summed E-state index contributed by atoms with van der Waals surface area (Å²) in [6.07, 6.45) is 2.48. The van der Waals surface area contributed by atoms with Crippen molar-refractivity contribution in [2.24, 2.45) is 0 Å². The average Bonchev–Trinajstić information content (AvgIpc) is 3.10. The molecule has 8 heteroatoms. The molecular formula is C16H13N5O2S. The van der Waals surface area contributed by atoms with Crippen LogP contribution in [0.15, 0.2) is 38.6 Å². The minimum atomic E-state index is -0.444. The van der Waals surface area contributed by atoms with Crippen LogP contribution in [-0.2, 0) is 6.42 Å². The zero-order valence-corrected chi connectivity index (χ0v) is 13.8. The smallest absolute Gasteiger partial charge is 0.270 e. The van der Waals surface area contributed by atoms with E-state index in [1.54, 1.807) is 30.5 Å². The molecule has 3 aromatic rings. The molecule has 0 aliphatic rings. The van der Waals surface area contributed by atoms with E-state index in [1.807, 2.05) is 13.0 Å². The number of aryl methyl sites for hydroxylation is 1. The monoisotopic (exact) mass is 339 g/mol. The van der Waals surface area contributed by atoms with E-state index in [4.69, 9.17) is 4.42 Å². The van der Waals surface area contributed by atoms with Gasteiger partial charge in [0, 0.05) is 17.5 Å². The maximum atomic E-state index is 12.0. The molecule has 0 unspecified atom stereocenters. The standard InChI is InChI=1S/C16H13N5O2S/c1-3-12-20-21-15(23-12)10-6-4-9(5-7-10)13-11(8-17)14(22)19-16(18-13)24-2/h4-7H,3H2,1-2H3,(H,18,19,22). The quantitative estimate of drug-likeness (QED) is 0.575. The predicted molar refractivity (Wildman–Crippen MR) is 89.5 cm³/mol. The van der Waals surface area contributed by atoms with Crippen molar-refractivity contribution in [3.8, 4) is 28.8 Å². The SMILES string of the molecule is CCc1nnc(-c2ccc(-c3nc(SC)[nH]c(=O)c3C#N)cc2)o1. The van der Waals surface area contributed by atoms with Crippen molar-refractivity contribution in [1.29, 1.82) is 5.26 Å². The zero-order chi connectivity index (χ0) is 17.1. The second-order valence-corrected chi connectivity index (χ2v) is 5.64. The van der Waals surface area contributed by atoms with Crippen LogP contribution in [0.3, 0.4) is 0 Å². The maximum absolute atomic E-state index is 12.0. The molecule has 1 aromatic carbocycles. The maximum Gasteiger partial charge on any atom is 0.270 e. The van der Waals surface area contributed by atoms with E-state index in [9.17, 15) is 10.1 Å². The molecule has 0 saturated carbocycles. The molecule has 7 nitrogen and oxygen atoms in total. The van der Waals surface area contributed by atoms with Crippen molar-refractivity contribution in [2.45, 2.75) is 18.5 Å². The second-order valence-electron chi connectivity index (χ2n) is 4.84. The van der Waals surface area contributed by atoms with Crippen molar-refractivity contribution >= 4 is 11.8 Å². The number of nitrogens with one attached hydrogen (secondary N) is 1. The molecule has 0 amide bonds. The molecule has 3 rings (SSSR count). The van der Waals surface area contributed by atoms with Crippen molar-refractivity contribution in [3.05, 3.63) is 46.1 Å². The van der Waals surface area contributed by atoms with Gasteiger partial charge in [0.25, 0.3) is 5.56 Å². The molecule has 0 radical (unpaired) electrons. The van der Waals surface area contributed by atoms with Crippen LogP contribution in [0.1, 0.15) is 18.4 Å². The summed E-state index contributed by atoms with van der Waals surface area (Å²) < 4.78 is 5.52. The lowest BCUT2D eigenvalue weighted by Gasteiger charge is -2.05. The second kappa shape index (κ2) is 6.68. The Bertz CT molecular complexity index is 969. The van der Waals surface area contributed by atoms with Crippen LogP contribution in [0.4, 0.5) is 0 Å². The molecule has 0 aliphatic carbocycles. The van der Waals surface area contributed by atoms with Gasteiger partial charge in [0.1, 0.15) is 11.6 Å². The van der Waals surface area contributed by atoms with Gasteiger partial charge in [-0.05, 0) is 18.4 Å². The van der Waals surface area contributed by atoms with Crippen LogP contribution in [0.2, 0.25) is 0 Å². The van der Waals surface area contributed by atoms with Crippen LogP contribution in [0.25, 0.3) is 22.7 Å². The molecule has 0 aliphatic heterocycles. The lowest BCUT2D eigenvalue weighted by Crippen LogP contribution is -2.14. The van der Waals surface area contributed by atoms with Crippen LogP contribution in [-0.4, -0.2) is 26.4 Å². The number of aromatic nitrogens is 4. The van der Waals surface area contributed by atoms with E-state index < -0.39 is 5.56 Å². The summed E-state index contributed by atoms with van der Waals surface area (Å²) >= 11 is 1.31. The normalized spacial score (nSPS) is 10.5. The fourth-order valence-corrected chi connectivity index (χ4v) is 2.52. The van der Waals surface area contributed by atoms with Gasteiger partial charge in [-0.25, -0.2) is 4.98 Å². The summed E-state index contributed by atoms with van der Waals surface area (Å²) in [6.45, 7) is 1.94. The number of thioether (sulfide) groups is 1. The van der Waals surface area contributed by atoms with Crippen LogP contribution in [0, 0.1) is 11.3 Å². The Morgan fingerprint density at radius 3 is 2.54 bits per heavy atom. The molecule has 24 heavy (non-hydrogen) atoms. The minimum Gasteiger partial charge on any atom is -0.421 e. The summed E-state index contributed by atoms with van der Waals surface area (Å²) in [7, 11) is 0. The van der Waals surface area contributed by atoms with Crippen LogP contribution >= 0.6 is 11.8 Å². The Labute approximate surface area is 141 Å². The topological polar surface area (TPSA) is 108 Å². The molecule has 0 saturated heterocycles. The number of aromatic amines is 1. The fraction of sp³-hybridized carbons (Fsp3) is 0.188. The number of nitriles is 1. The number of hydrogen-bond acceptors (Lipinski definition) is 7. The van der Waals surface area contributed by atoms with Crippen LogP contribution < -0.4 is 5.56 Å². The van der Waals surface area contributed by atoms with E-state index in [0.717, 1.165) is 5.56 Å². The van der Waals surface area contributed by atoms with Gasteiger partial charge < -0.3 is 9.40 Å². The van der Waals surface area contributed by atoms with E-state index in [-0.39, 0.29) is 5.56 Å². The van der Waals surface area contributed by atoms with Gasteiger partial charge in [-0.1, -0.05) is 30.8 Å². The van der Waals surface area contributed by atoms with Crippen molar-refractivity contribution in [1.82, 2.24) is 20.2 Å². The number of H-pyrrole nitrogens is 1. The summed E-state index contributed by atoms with van der Waals surface area (Å²) in [5.74, 6) is 1.00. The number of hydrogen-bond donors (Lipinski definition) is 1. The summed E-state index contributed by atoms with van der Waals surface area (Å²) in [4.78, 5) is 18.9. The Morgan fingerprint density at radius 2 is 1.96 bits per heavy atom. The van der Waals surface area contributed by atoms with Gasteiger partial charge in [0.15, 0.2) is 5.16 Å². The van der Waals surface area contributed by atoms with Crippen molar-refractivity contribution in [3.63, 3.8) is 0 Å². The highest BCUT2D eigenvalue weighted by atomic mass is 32.2. The lowest BCUT2D eigenvalue weighted by atomic mass is 10.1. The first-order valence-corrected chi connectivity index (χ1v) is 8.40. The zero-order valence-electron chi connectivity index (χ0n) is 13.0. The van der Waals surface area contributed by atoms with E-state index in [2.05, 4.69) is 20.2 Å². The highest BCUT2D eigenvalue weighted by molar-refractivity contribution is 7.98. The molecule has 120 valence electrons. The fourth-order valence-electron chi connectivity index (χ4n) is 2.15. The number of nitrogens with zero attached hydrogens (tertiary/aromatic N) is 4. The van der Waals surface area contributed by atoms with Crippen molar-refractivity contribution < 1.29 is 4.42 Å². The largest absolute Gasteiger partial charge is 0.421 e. The Hall–Kier alpha value is -2.92. The number of rotatable bonds is 4. The molecular weight excluding hydrogens is 326 g/mol. The van der Waals surface area contributed by atoms with Gasteiger partial charge in [0.05, 0.1) is 5.69 Å². The molecule has 0 atom stereocenters. The van der Waals surface area contributed by atoms with Gasteiger partial charge in [-0.15, -0.1) is 10.2 Å². The summed E-state index contributed by atoms with van der Waals surface area (Å²) in [6, 6.07) is 9.06. The third-order valence-corrected chi connectivity index (χ3v) is 3.96. The number of benzene rings is 1. The molecule has 0 bridgehead atoms.